The van der Waals surface area contributed by atoms with E-state index in [1.54, 1.807) is 25.6 Å². The maximum Gasteiger partial charge on any atom is 0.165 e. The number of halogens is 1. The van der Waals surface area contributed by atoms with Crippen LogP contribution in [0.5, 0.6) is 11.5 Å². The van der Waals surface area contributed by atoms with Crippen LogP contribution in [0.3, 0.4) is 0 Å². The van der Waals surface area contributed by atoms with Crippen molar-refractivity contribution in [3.63, 3.8) is 0 Å². The van der Waals surface area contributed by atoms with Gasteiger partial charge in [-0.15, -0.1) is 11.3 Å². The summed E-state index contributed by atoms with van der Waals surface area (Å²) < 4.78 is 12.0. The van der Waals surface area contributed by atoms with Gasteiger partial charge < -0.3 is 14.8 Å². The van der Waals surface area contributed by atoms with E-state index in [4.69, 9.17) is 9.47 Å². The van der Waals surface area contributed by atoms with Crippen molar-refractivity contribution in [2.45, 2.75) is 12.5 Å². The summed E-state index contributed by atoms with van der Waals surface area (Å²) in [6.45, 7) is 0. The molecule has 1 atom stereocenters. The number of rotatable bonds is 6. The van der Waals surface area contributed by atoms with Crippen molar-refractivity contribution in [2.24, 2.45) is 0 Å². The van der Waals surface area contributed by atoms with Crippen molar-refractivity contribution in [1.82, 2.24) is 5.32 Å². The van der Waals surface area contributed by atoms with Crippen molar-refractivity contribution >= 4 is 27.3 Å². The van der Waals surface area contributed by atoms with Crippen LogP contribution in [0.15, 0.2) is 34.1 Å². The number of ether oxygens (including phenoxy) is 2. The van der Waals surface area contributed by atoms with Crippen molar-refractivity contribution in [3.8, 4) is 11.5 Å². The fraction of sp³-hybridized carbons (Fsp3) is 0.333. The first-order valence-electron chi connectivity index (χ1n) is 6.32. The molecule has 1 heterocycles. The zero-order valence-corrected chi connectivity index (χ0v) is 14.2. The van der Waals surface area contributed by atoms with Gasteiger partial charge >= 0.3 is 0 Å². The summed E-state index contributed by atoms with van der Waals surface area (Å²) in [6.07, 6.45) is 0.913. The molecule has 108 valence electrons. The van der Waals surface area contributed by atoms with E-state index in [0.29, 0.717) is 0 Å². The van der Waals surface area contributed by atoms with Gasteiger partial charge in [-0.05, 0) is 41.2 Å². The van der Waals surface area contributed by atoms with Gasteiger partial charge in [-0.25, -0.2) is 0 Å². The average Bonchev–Trinajstić information content (AvgIpc) is 2.89. The van der Waals surface area contributed by atoms with Crippen LogP contribution in [-0.2, 0) is 6.42 Å². The summed E-state index contributed by atoms with van der Waals surface area (Å²) in [6, 6.07) is 10.4. The zero-order valence-electron chi connectivity index (χ0n) is 11.8. The summed E-state index contributed by atoms with van der Waals surface area (Å²) in [5, 5.41) is 3.36. The van der Waals surface area contributed by atoms with E-state index in [2.05, 4.69) is 39.4 Å². The number of methoxy groups -OCH3 is 2. The summed E-state index contributed by atoms with van der Waals surface area (Å²) in [4.78, 5) is 1.32. The third-order valence-electron chi connectivity index (χ3n) is 3.19. The summed E-state index contributed by atoms with van der Waals surface area (Å²) in [5.41, 5.74) is 1.11. The molecule has 1 unspecified atom stereocenters. The quantitative estimate of drug-likeness (QED) is 0.848. The first-order valence-corrected chi connectivity index (χ1v) is 7.93. The Balaban J connectivity index is 2.31. The Bertz CT molecular complexity index is 571. The predicted octanol–water partition coefficient (Wildman–Crippen LogP) is 4.03. The highest BCUT2D eigenvalue weighted by atomic mass is 79.9. The van der Waals surface area contributed by atoms with Gasteiger partial charge in [-0.1, -0.05) is 12.1 Å². The third-order valence-corrected chi connectivity index (χ3v) is 4.84. The highest BCUT2D eigenvalue weighted by Gasteiger charge is 2.18. The highest BCUT2D eigenvalue weighted by Crippen LogP contribution is 2.36. The van der Waals surface area contributed by atoms with Gasteiger partial charge in [0, 0.05) is 22.9 Å². The van der Waals surface area contributed by atoms with Crippen LogP contribution in [0.1, 0.15) is 16.5 Å². The molecule has 1 aromatic heterocycles. The van der Waals surface area contributed by atoms with E-state index in [1.165, 1.54) is 4.88 Å². The molecule has 20 heavy (non-hydrogen) atoms. The molecule has 0 fully saturated rings. The fourth-order valence-electron chi connectivity index (χ4n) is 2.22. The lowest BCUT2D eigenvalue weighted by atomic mass is 10.0. The zero-order chi connectivity index (χ0) is 14.5. The molecular formula is C15H18BrNO2S. The van der Waals surface area contributed by atoms with E-state index in [-0.39, 0.29) is 6.04 Å². The molecule has 0 aliphatic rings. The normalized spacial score (nSPS) is 12.2. The smallest absolute Gasteiger partial charge is 0.165 e. The molecule has 0 spiro atoms. The van der Waals surface area contributed by atoms with E-state index < -0.39 is 0 Å². The second-order valence-electron chi connectivity index (χ2n) is 4.33. The minimum Gasteiger partial charge on any atom is -0.493 e. The third kappa shape index (κ3) is 3.34. The van der Waals surface area contributed by atoms with E-state index >= 15 is 0 Å². The Labute approximate surface area is 132 Å². The summed E-state index contributed by atoms with van der Waals surface area (Å²) >= 11 is 5.26. The van der Waals surface area contributed by atoms with Crippen LogP contribution in [0.4, 0.5) is 0 Å². The summed E-state index contributed by atoms with van der Waals surface area (Å²) in [5.74, 6) is 1.56. The van der Waals surface area contributed by atoms with Crippen LogP contribution in [0.2, 0.25) is 0 Å². The second kappa shape index (κ2) is 7.11. The average molecular weight is 356 g/mol. The Morgan fingerprint density at radius 2 is 2.00 bits per heavy atom. The van der Waals surface area contributed by atoms with Crippen LogP contribution in [0, 0.1) is 0 Å². The number of benzene rings is 1. The molecule has 0 aliphatic carbocycles. The van der Waals surface area contributed by atoms with Crippen LogP contribution in [0.25, 0.3) is 0 Å². The minimum absolute atomic E-state index is 0.186. The van der Waals surface area contributed by atoms with Crippen molar-refractivity contribution in [1.29, 1.82) is 0 Å². The van der Waals surface area contributed by atoms with Crippen LogP contribution in [-0.4, -0.2) is 21.3 Å². The maximum atomic E-state index is 5.52. The first kappa shape index (κ1) is 15.4. The van der Waals surface area contributed by atoms with Gasteiger partial charge in [0.1, 0.15) is 0 Å². The molecule has 0 saturated heterocycles. The Kier molecular flexibility index (Phi) is 5.46. The molecule has 0 aliphatic heterocycles. The predicted molar refractivity (Wildman–Crippen MR) is 87.1 cm³/mol. The van der Waals surface area contributed by atoms with Gasteiger partial charge in [0.2, 0.25) is 0 Å². The molecule has 0 bridgehead atoms. The van der Waals surface area contributed by atoms with Crippen molar-refractivity contribution in [3.05, 3.63) is 44.6 Å². The molecule has 1 N–H and O–H groups in total. The Morgan fingerprint density at radius 1 is 1.20 bits per heavy atom. The van der Waals surface area contributed by atoms with E-state index in [0.717, 1.165) is 27.3 Å². The van der Waals surface area contributed by atoms with E-state index in [9.17, 15) is 0 Å². The summed E-state index contributed by atoms with van der Waals surface area (Å²) in [7, 11) is 5.30. The second-order valence-corrected chi connectivity index (χ2v) is 6.88. The molecule has 3 nitrogen and oxygen atoms in total. The van der Waals surface area contributed by atoms with Crippen molar-refractivity contribution < 1.29 is 9.47 Å². The maximum absolute atomic E-state index is 5.52. The van der Waals surface area contributed by atoms with Crippen molar-refractivity contribution in [2.75, 3.05) is 21.3 Å². The lowest BCUT2D eigenvalue weighted by molar-refractivity contribution is 0.347. The number of thiophene rings is 1. The topological polar surface area (TPSA) is 30.5 Å². The molecule has 1 aromatic carbocycles. The Morgan fingerprint density at radius 3 is 2.55 bits per heavy atom. The minimum atomic E-state index is 0.186. The highest BCUT2D eigenvalue weighted by molar-refractivity contribution is 9.11. The number of likely N-dealkylation sites (N-methyl/N-ethyl adjacent to an activating group) is 1. The number of para-hydroxylation sites is 1. The number of nitrogens with one attached hydrogen (secondary N) is 1. The molecule has 5 heteroatoms. The van der Waals surface area contributed by atoms with E-state index in [1.807, 2.05) is 19.2 Å². The van der Waals surface area contributed by atoms with Gasteiger partial charge in [0.05, 0.1) is 18.0 Å². The Hall–Kier alpha value is -1.04. The molecule has 2 rings (SSSR count). The monoisotopic (exact) mass is 355 g/mol. The standard InChI is InChI=1S/C15H18BrNO2S/c1-17-12(9-10-7-8-14(16)20-10)11-5-4-6-13(18-2)15(11)19-3/h4-8,12,17H,9H2,1-3H3. The van der Waals surface area contributed by atoms with Crippen LogP contribution >= 0.6 is 27.3 Å². The largest absolute Gasteiger partial charge is 0.493 e. The lowest BCUT2D eigenvalue weighted by Gasteiger charge is -2.20. The molecular weight excluding hydrogens is 338 g/mol. The fourth-order valence-corrected chi connectivity index (χ4v) is 3.75. The molecule has 2 aromatic rings. The number of hydrogen-bond acceptors (Lipinski definition) is 4. The molecule has 0 radical (unpaired) electrons. The van der Waals surface area contributed by atoms with Gasteiger partial charge in [-0.2, -0.15) is 0 Å². The first-order chi connectivity index (χ1) is 9.69. The van der Waals surface area contributed by atoms with Crippen LogP contribution < -0.4 is 14.8 Å². The molecule has 0 saturated carbocycles. The SMILES string of the molecule is CNC(Cc1ccc(Br)s1)c1cccc(OC)c1OC. The van der Waals surface area contributed by atoms with Gasteiger partial charge in [-0.3, -0.25) is 0 Å². The molecule has 0 amide bonds. The van der Waals surface area contributed by atoms with Gasteiger partial charge in [0.15, 0.2) is 11.5 Å². The lowest BCUT2D eigenvalue weighted by Crippen LogP contribution is -2.19. The number of hydrogen-bond donors (Lipinski definition) is 1. The van der Waals surface area contributed by atoms with Gasteiger partial charge in [0.25, 0.3) is 0 Å².